The van der Waals surface area contributed by atoms with Crippen LogP contribution >= 0.6 is 0 Å². The smallest absolute Gasteiger partial charge is 0.211 e. The lowest BCUT2D eigenvalue weighted by atomic mass is 10.1. The summed E-state index contributed by atoms with van der Waals surface area (Å²) in [6.45, 7) is 0.229. The second-order valence-corrected chi connectivity index (χ2v) is 7.09. The monoisotopic (exact) mass is 319 g/mol. The Balaban J connectivity index is 1.75. The molecule has 1 atom stereocenters. The van der Waals surface area contributed by atoms with Gasteiger partial charge in [-0.05, 0) is 24.0 Å². The molecular formula is C17H21NO3S. The van der Waals surface area contributed by atoms with Crippen molar-refractivity contribution in [2.45, 2.75) is 18.9 Å². The lowest BCUT2D eigenvalue weighted by molar-refractivity contribution is 0.169. The lowest BCUT2D eigenvalue weighted by Gasteiger charge is -2.12. The normalized spacial score (nSPS) is 13.0. The highest BCUT2D eigenvalue weighted by Gasteiger charge is 2.12. The SMILES string of the molecule is O=S(=O)(CCc1ccccc1)NCCC(O)c1ccccc1. The molecule has 2 aromatic carbocycles. The van der Waals surface area contributed by atoms with Gasteiger partial charge < -0.3 is 5.11 Å². The van der Waals surface area contributed by atoms with Gasteiger partial charge in [0.15, 0.2) is 0 Å². The van der Waals surface area contributed by atoms with Crippen molar-refractivity contribution in [3.05, 3.63) is 71.8 Å². The van der Waals surface area contributed by atoms with E-state index >= 15 is 0 Å². The van der Waals surface area contributed by atoms with Gasteiger partial charge in [0.1, 0.15) is 0 Å². The van der Waals surface area contributed by atoms with Crippen molar-refractivity contribution in [1.82, 2.24) is 4.72 Å². The largest absolute Gasteiger partial charge is 0.388 e. The van der Waals surface area contributed by atoms with Crippen LogP contribution in [-0.4, -0.2) is 25.8 Å². The standard InChI is InChI=1S/C17H21NO3S/c19-17(16-9-5-2-6-10-16)11-13-18-22(20,21)14-12-15-7-3-1-4-8-15/h1-10,17-19H,11-14H2. The average molecular weight is 319 g/mol. The highest BCUT2D eigenvalue weighted by Crippen LogP contribution is 2.15. The van der Waals surface area contributed by atoms with Crippen LogP contribution < -0.4 is 4.72 Å². The van der Waals surface area contributed by atoms with E-state index in [0.29, 0.717) is 12.8 Å². The van der Waals surface area contributed by atoms with Crippen molar-refractivity contribution in [2.75, 3.05) is 12.3 Å². The molecule has 118 valence electrons. The molecule has 0 aromatic heterocycles. The number of sulfonamides is 1. The van der Waals surface area contributed by atoms with Crippen LogP contribution in [0.3, 0.4) is 0 Å². The van der Waals surface area contributed by atoms with Gasteiger partial charge in [0, 0.05) is 6.54 Å². The van der Waals surface area contributed by atoms with E-state index in [1.165, 1.54) is 0 Å². The first kappa shape index (κ1) is 16.7. The molecule has 0 spiro atoms. The molecule has 0 saturated heterocycles. The maximum Gasteiger partial charge on any atom is 0.211 e. The summed E-state index contributed by atoms with van der Waals surface area (Å²) in [5.74, 6) is 0.0540. The Labute approximate surface area is 131 Å². The van der Waals surface area contributed by atoms with Gasteiger partial charge in [0.25, 0.3) is 0 Å². The van der Waals surface area contributed by atoms with Crippen molar-refractivity contribution in [3.8, 4) is 0 Å². The maximum atomic E-state index is 11.9. The number of hydrogen-bond donors (Lipinski definition) is 2. The Morgan fingerprint density at radius 1 is 0.955 bits per heavy atom. The molecule has 0 radical (unpaired) electrons. The van der Waals surface area contributed by atoms with E-state index in [0.717, 1.165) is 11.1 Å². The van der Waals surface area contributed by atoms with Crippen molar-refractivity contribution >= 4 is 10.0 Å². The second-order valence-electron chi connectivity index (χ2n) is 5.16. The highest BCUT2D eigenvalue weighted by molar-refractivity contribution is 7.89. The minimum atomic E-state index is -3.32. The first-order valence-corrected chi connectivity index (χ1v) is 8.96. The van der Waals surface area contributed by atoms with Gasteiger partial charge in [-0.1, -0.05) is 60.7 Å². The van der Waals surface area contributed by atoms with Gasteiger partial charge in [-0.2, -0.15) is 0 Å². The van der Waals surface area contributed by atoms with E-state index in [1.54, 1.807) is 0 Å². The number of aliphatic hydroxyl groups is 1. The van der Waals surface area contributed by atoms with Crippen LogP contribution in [0.4, 0.5) is 0 Å². The summed E-state index contributed by atoms with van der Waals surface area (Å²) in [6.07, 6.45) is 0.185. The molecule has 4 nitrogen and oxygen atoms in total. The maximum absolute atomic E-state index is 11.9. The number of rotatable bonds is 8. The lowest BCUT2D eigenvalue weighted by Crippen LogP contribution is -2.29. The summed E-state index contributed by atoms with van der Waals surface area (Å²) >= 11 is 0. The van der Waals surface area contributed by atoms with Gasteiger partial charge in [0.05, 0.1) is 11.9 Å². The number of benzene rings is 2. The quantitative estimate of drug-likeness (QED) is 0.784. The van der Waals surface area contributed by atoms with E-state index in [4.69, 9.17) is 0 Å². The van der Waals surface area contributed by atoms with Gasteiger partial charge >= 0.3 is 0 Å². The molecule has 2 N–H and O–H groups in total. The predicted octanol–water partition coefficient (Wildman–Crippen LogP) is 2.27. The van der Waals surface area contributed by atoms with Crippen LogP contribution in [0.5, 0.6) is 0 Å². The summed E-state index contributed by atoms with van der Waals surface area (Å²) in [6, 6.07) is 18.7. The zero-order valence-corrected chi connectivity index (χ0v) is 13.2. The summed E-state index contributed by atoms with van der Waals surface area (Å²) in [7, 11) is -3.32. The summed E-state index contributed by atoms with van der Waals surface area (Å²) in [5, 5.41) is 9.99. The molecule has 2 aromatic rings. The molecule has 0 bridgehead atoms. The minimum absolute atomic E-state index is 0.0540. The Hall–Kier alpha value is -1.69. The van der Waals surface area contributed by atoms with Gasteiger partial charge in [0.2, 0.25) is 10.0 Å². The Kier molecular flexibility index (Phi) is 6.12. The van der Waals surface area contributed by atoms with E-state index in [9.17, 15) is 13.5 Å². The fourth-order valence-electron chi connectivity index (χ4n) is 2.16. The van der Waals surface area contributed by atoms with Crippen molar-refractivity contribution in [3.63, 3.8) is 0 Å². The van der Waals surface area contributed by atoms with Crippen LogP contribution in [0.25, 0.3) is 0 Å². The molecule has 0 amide bonds. The fourth-order valence-corrected chi connectivity index (χ4v) is 3.24. The molecule has 0 aliphatic rings. The van der Waals surface area contributed by atoms with Gasteiger partial charge in [-0.15, -0.1) is 0 Å². The van der Waals surface area contributed by atoms with E-state index in [1.807, 2.05) is 60.7 Å². The molecule has 1 unspecified atom stereocenters. The van der Waals surface area contributed by atoms with Crippen LogP contribution in [0.15, 0.2) is 60.7 Å². The van der Waals surface area contributed by atoms with Gasteiger partial charge in [-0.25, -0.2) is 13.1 Å². The van der Waals surface area contributed by atoms with E-state index in [-0.39, 0.29) is 12.3 Å². The number of hydrogen-bond acceptors (Lipinski definition) is 3. The first-order valence-electron chi connectivity index (χ1n) is 7.31. The fraction of sp³-hybridized carbons (Fsp3) is 0.294. The summed E-state index contributed by atoms with van der Waals surface area (Å²) < 4.78 is 26.4. The molecule has 0 heterocycles. The zero-order chi connectivity index (χ0) is 15.8. The third-order valence-corrected chi connectivity index (χ3v) is 4.81. The third kappa shape index (κ3) is 5.60. The third-order valence-electron chi connectivity index (χ3n) is 3.43. The molecule has 0 saturated carbocycles. The Bertz CT molecular complexity index is 657. The zero-order valence-electron chi connectivity index (χ0n) is 12.4. The van der Waals surface area contributed by atoms with Crippen molar-refractivity contribution in [2.24, 2.45) is 0 Å². The van der Waals surface area contributed by atoms with Crippen LogP contribution in [0, 0.1) is 0 Å². The number of aryl methyl sites for hydroxylation is 1. The number of aliphatic hydroxyl groups excluding tert-OH is 1. The molecular weight excluding hydrogens is 298 g/mol. The predicted molar refractivity (Wildman–Crippen MR) is 88.0 cm³/mol. The summed E-state index contributed by atoms with van der Waals surface area (Å²) in [5.41, 5.74) is 1.79. The molecule has 0 aliphatic heterocycles. The molecule has 0 fully saturated rings. The molecule has 22 heavy (non-hydrogen) atoms. The van der Waals surface area contributed by atoms with Gasteiger partial charge in [-0.3, -0.25) is 0 Å². The average Bonchev–Trinajstić information content (AvgIpc) is 2.55. The van der Waals surface area contributed by atoms with Crippen LogP contribution in [0.2, 0.25) is 0 Å². The number of nitrogens with one attached hydrogen (secondary N) is 1. The molecule has 5 heteroatoms. The Morgan fingerprint density at radius 2 is 1.55 bits per heavy atom. The van der Waals surface area contributed by atoms with E-state index < -0.39 is 16.1 Å². The van der Waals surface area contributed by atoms with Crippen molar-refractivity contribution < 1.29 is 13.5 Å². The first-order chi connectivity index (χ1) is 10.6. The Morgan fingerprint density at radius 3 is 2.18 bits per heavy atom. The highest BCUT2D eigenvalue weighted by atomic mass is 32.2. The molecule has 0 aliphatic carbocycles. The topological polar surface area (TPSA) is 66.4 Å². The minimum Gasteiger partial charge on any atom is -0.388 e. The second kappa shape index (κ2) is 8.08. The summed E-state index contributed by atoms with van der Waals surface area (Å²) in [4.78, 5) is 0. The van der Waals surface area contributed by atoms with Crippen LogP contribution in [-0.2, 0) is 16.4 Å². The molecule has 2 rings (SSSR count). The van der Waals surface area contributed by atoms with Crippen molar-refractivity contribution in [1.29, 1.82) is 0 Å². The van der Waals surface area contributed by atoms with E-state index in [2.05, 4.69) is 4.72 Å². The van der Waals surface area contributed by atoms with Crippen LogP contribution in [0.1, 0.15) is 23.7 Å².